The van der Waals surface area contributed by atoms with Crippen molar-refractivity contribution in [2.75, 3.05) is 18.6 Å². The van der Waals surface area contributed by atoms with Gasteiger partial charge in [-0.2, -0.15) is 4.57 Å². The lowest BCUT2D eigenvalue weighted by atomic mass is 10.0. The molecule has 2 aliphatic rings. The molecule has 4 aromatic rings. The minimum Gasteiger partial charge on any atom is -0.477 e. The maximum Gasteiger partial charge on any atom is 0.352 e. The van der Waals surface area contributed by atoms with E-state index in [1.165, 1.54) is 30.0 Å². The van der Waals surface area contributed by atoms with Gasteiger partial charge in [-0.25, -0.2) is 9.78 Å². The molecule has 6 rings (SSSR count). The summed E-state index contributed by atoms with van der Waals surface area (Å²) in [7, 11) is 1.28. The predicted molar refractivity (Wildman–Crippen MR) is 161 cm³/mol. The zero-order valence-electron chi connectivity index (χ0n) is 23.1. The summed E-state index contributed by atoms with van der Waals surface area (Å²) in [5.41, 5.74) is 13.1. The second-order valence-corrected chi connectivity index (χ2v) is 11.9. The normalized spacial score (nSPS) is 18.2. The van der Waals surface area contributed by atoms with Crippen LogP contribution in [0.1, 0.15) is 17.0 Å². The summed E-state index contributed by atoms with van der Waals surface area (Å²) in [6, 6.07) is 4.63. The number of carboxylic acids is 1. The number of hydrogen-bond donors (Lipinski definition) is 5. The van der Waals surface area contributed by atoms with E-state index in [0.29, 0.717) is 29.2 Å². The van der Waals surface area contributed by atoms with Crippen molar-refractivity contribution in [1.82, 2.24) is 19.8 Å². The highest BCUT2D eigenvalue weighted by molar-refractivity contribution is 8.00. The molecule has 4 aromatic heterocycles. The number of aliphatic carboxylic acids is 1. The van der Waals surface area contributed by atoms with Gasteiger partial charge in [0.1, 0.15) is 53.3 Å². The summed E-state index contributed by atoms with van der Waals surface area (Å²) < 4.78 is 9.38. The number of nitrogens with one attached hydrogen (secondary N) is 2. The first-order valence-corrected chi connectivity index (χ1v) is 15.0. The SMILES string of the molecule is CO/N=C(\C(=O)N[C@@H]1C(=O)N2C(C(=O)O)=C(C[n+]3ccc4ccn(Cc5cc(C(=N)N)co5)c4c3)CS[C@H]12)c1csc(N)n1. The Labute approximate surface area is 257 Å². The number of aromatic nitrogens is 3. The van der Waals surface area contributed by atoms with E-state index in [-0.39, 0.29) is 34.6 Å². The molecule has 0 aromatic carbocycles. The third-order valence-electron chi connectivity index (χ3n) is 7.14. The van der Waals surface area contributed by atoms with Crippen molar-refractivity contribution in [2.45, 2.75) is 24.5 Å². The first-order valence-electron chi connectivity index (χ1n) is 13.1. The number of oxime groups is 1. The fourth-order valence-electron chi connectivity index (χ4n) is 5.10. The van der Waals surface area contributed by atoms with E-state index in [0.717, 1.165) is 22.2 Å². The molecular weight excluding hydrogens is 610 g/mol. The van der Waals surface area contributed by atoms with Gasteiger partial charge in [0, 0.05) is 34.4 Å². The van der Waals surface area contributed by atoms with Crippen LogP contribution in [0.5, 0.6) is 0 Å². The van der Waals surface area contributed by atoms with Crippen molar-refractivity contribution >= 4 is 68.5 Å². The fourth-order valence-corrected chi connectivity index (χ4v) is 6.99. The van der Waals surface area contributed by atoms with Crippen LogP contribution in [0, 0.1) is 5.41 Å². The second-order valence-electron chi connectivity index (χ2n) is 9.93. The van der Waals surface area contributed by atoms with Crippen LogP contribution in [-0.2, 0) is 32.3 Å². The lowest BCUT2D eigenvalue weighted by Gasteiger charge is -2.49. The van der Waals surface area contributed by atoms with Gasteiger partial charge in [-0.05, 0) is 12.1 Å². The van der Waals surface area contributed by atoms with Gasteiger partial charge in [0.2, 0.25) is 0 Å². The maximum absolute atomic E-state index is 13.2. The van der Waals surface area contributed by atoms with Crippen molar-refractivity contribution in [3.8, 4) is 0 Å². The number of β-lactam (4-membered cyclic amide) rings is 1. The Bertz CT molecular complexity index is 1890. The fraction of sp³-hybridized carbons (Fsp3) is 0.222. The average molecular weight is 637 g/mol. The van der Waals surface area contributed by atoms with Gasteiger partial charge in [-0.1, -0.05) is 5.16 Å². The Morgan fingerprint density at radius 2 is 2.20 bits per heavy atom. The van der Waals surface area contributed by atoms with Crippen LogP contribution in [-0.4, -0.2) is 73.2 Å². The molecule has 1 saturated heterocycles. The van der Waals surface area contributed by atoms with E-state index in [2.05, 4.69) is 15.5 Å². The van der Waals surface area contributed by atoms with E-state index in [1.54, 1.807) is 11.4 Å². The zero-order valence-corrected chi connectivity index (χ0v) is 24.7. The number of pyridine rings is 1. The predicted octanol–water partition coefficient (Wildman–Crippen LogP) is 0.682. The minimum atomic E-state index is -1.23. The van der Waals surface area contributed by atoms with Gasteiger partial charge in [0.05, 0.1) is 12.1 Å². The van der Waals surface area contributed by atoms with Gasteiger partial charge in [-0.3, -0.25) is 19.9 Å². The van der Waals surface area contributed by atoms with Gasteiger partial charge >= 0.3 is 5.97 Å². The van der Waals surface area contributed by atoms with Crippen LogP contribution < -0.4 is 21.4 Å². The number of anilines is 1. The number of nitrogens with two attached hydrogens (primary N) is 2. The van der Waals surface area contributed by atoms with Crippen LogP contribution in [0.4, 0.5) is 5.13 Å². The van der Waals surface area contributed by atoms with Crippen LogP contribution in [0.25, 0.3) is 10.9 Å². The number of amidine groups is 1. The summed E-state index contributed by atoms with van der Waals surface area (Å²) in [6.07, 6.45) is 7.09. The summed E-state index contributed by atoms with van der Waals surface area (Å²) in [6.45, 7) is 0.637. The molecule has 0 bridgehead atoms. The first-order chi connectivity index (χ1) is 21.1. The lowest BCUT2D eigenvalue weighted by Crippen LogP contribution is -2.71. The molecular formula is C27H26N9O6S2+. The van der Waals surface area contributed by atoms with Crippen LogP contribution in [0.3, 0.4) is 0 Å². The summed E-state index contributed by atoms with van der Waals surface area (Å²) in [5.74, 6) is -1.59. The molecule has 44 heavy (non-hydrogen) atoms. The molecule has 0 radical (unpaired) electrons. The third-order valence-corrected chi connectivity index (χ3v) is 9.15. The number of carbonyl (C=O) groups excluding carboxylic acids is 2. The highest BCUT2D eigenvalue weighted by Crippen LogP contribution is 2.40. The number of thiazole rings is 1. The summed E-state index contributed by atoms with van der Waals surface area (Å²) >= 11 is 2.48. The smallest absolute Gasteiger partial charge is 0.352 e. The van der Waals surface area contributed by atoms with E-state index < -0.39 is 29.2 Å². The van der Waals surface area contributed by atoms with Crippen molar-refractivity contribution < 1.29 is 33.3 Å². The number of amides is 2. The van der Waals surface area contributed by atoms with Gasteiger partial charge in [0.15, 0.2) is 29.8 Å². The van der Waals surface area contributed by atoms with Crippen molar-refractivity contribution in [1.29, 1.82) is 5.41 Å². The summed E-state index contributed by atoms with van der Waals surface area (Å²) in [4.78, 5) is 48.7. The maximum atomic E-state index is 13.2. The molecule has 2 aliphatic heterocycles. The molecule has 0 saturated carbocycles. The number of carboxylic acid groups (broad SMARTS) is 1. The minimum absolute atomic E-state index is 0.0781. The van der Waals surface area contributed by atoms with E-state index >= 15 is 0 Å². The molecule has 0 spiro atoms. The van der Waals surface area contributed by atoms with Gasteiger partial charge in [0.25, 0.3) is 11.8 Å². The van der Waals surface area contributed by atoms with Crippen molar-refractivity contribution in [2.24, 2.45) is 10.9 Å². The molecule has 0 unspecified atom stereocenters. The quantitative estimate of drug-likeness (QED) is 0.0539. The summed E-state index contributed by atoms with van der Waals surface area (Å²) in [5, 5.41) is 26.2. The third kappa shape index (κ3) is 5.26. The molecule has 2 amide bonds. The topological polar surface area (TPSA) is 219 Å². The number of carbonyl (C=O) groups is 3. The molecule has 2 atom stereocenters. The number of furan rings is 1. The number of hydrogen-bond acceptors (Lipinski definition) is 11. The average Bonchev–Trinajstić information content (AvgIpc) is 3.75. The number of thioether (sulfide) groups is 1. The second kappa shape index (κ2) is 11.5. The zero-order chi connectivity index (χ0) is 31.1. The highest BCUT2D eigenvalue weighted by atomic mass is 32.2. The Balaban J connectivity index is 1.21. The van der Waals surface area contributed by atoms with Gasteiger partial charge < -0.3 is 35.7 Å². The number of nitrogen functional groups attached to an aromatic ring is 2. The van der Waals surface area contributed by atoms with Crippen LogP contribution in [0.15, 0.2) is 69.3 Å². The van der Waals surface area contributed by atoms with Gasteiger partial charge in [-0.15, -0.1) is 23.1 Å². The largest absolute Gasteiger partial charge is 0.477 e. The molecule has 7 N–H and O–H groups in total. The van der Waals surface area contributed by atoms with E-state index in [1.807, 2.05) is 39.9 Å². The van der Waals surface area contributed by atoms with Crippen molar-refractivity contribution in [3.63, 3.8) is 0 Å². The number of rotatable bonds is 10. The Kier molecular flexibility index (Phi) is 7.56. The standard InChI is InChI=1S/C27H25N9O6S2/c1-41-33-19(17-12-44-27(30)31-17)23(37)32-20-24(38)36-21(26(39)40)15(11-43-25(20)36)7-34-4-2-13-3-5-35(18(13)9-34)8-16-6-14(10-42-16)22(28)29/h2-6,9-10,12,20,25H,7-8,11H2,1H3,(H6-,28,29,30,31,32,37,39,40)/p+1/b33-19-/t20-,25-/m1/s1. The molecule has 226 valence electrons. The monoisotopic (exact) mass is 636 g/mol. The molecule has 0 aliphatic carbocycles. The number of fused-ring (bicyclic) bond motifs is 2. The molecule has 17 heteroatoms. The lowest BCUT2D eigenvalue weighted by molar-refractivity contribution is -0.687. The Morgan fingerprint density at radius 1 is 1.39 bits per heavy atom. The Hall–Kier alpha value is -5.16. The molecule has 15 nitrogen and oxygen atoms in total. The van der Waals surface area contributed by atoms with E-state index in [9.17, 15) is 19.5 Å². The molecule has 1 fully saturated rings. The van der Waals surface area contributed by atoms with Crippen LogP contribution in [0.2, 0.25) is 0 Å². The van der Waals surface area contributed by atoms with Crippen molar-refractivity contribution in [3.05, 3.63) is 76.7 Å². The number of nitrogens with zero attached hydrogens (tertiary/aromatic N) is 5. The highest BCUT2D eigenvalue weighted by Gasteiger charge is 2.54. The molecule has 6 heterocycles. The van der Waals surface area contributed by atoms with E-state index in [4.69, 9.17) is 26.1 Å². The first kappa shape index (κ1) is 28.9. The van der Waals surface area contributed by atoms with Crippen LogP contribution >= 0.6 is 23.1 Å². The Morgan fingerprint density at radius 3 is 2.89 bits per heavy atom.